The molecule has 1 aliphatic rings. The predicted molar refractivity (Wildman–Crippen MR) is 128 cm³/mol. The van der Waals surface area contributed by atoms with Crippen LogP contribution in [0, 0.1) is 0 Å². The van der Waals surface area contributed by atoms with Gasteiger partial charge in [-0.05, 0) is 54.0 Å². The molecule has 2 heterocycles. The minimum atomic E-state index is -0.471. The number of esters is 1. The Balaban J connectivity index is 1.54. The Bertz CT molecular complexity index is 1320. The maximum Gasteiger partial charge on any atom is 0.339 e. The summed E-state index contributed by atoms with van der Waals surface area (Å²) in [6.07, 6.45) is 4.77. The number of thiophene rings is 1. The number of carbonyl (C=O) groups is 2. The zero-order valence-electron chi connectivity index (χ0n) is 17.4. The molecule has 5 rings (SSSR count). The summed E-state index contributed by atoms with van der Waals surface area (Å²) in [4.78, 5) is 31.8. The molecule has 0 fully saturated rings. The van der Waals surface area contributed by atoms with Crippen LogP contribution in [0.5, 0.6) is 0 Å². The maximum atomic E-state index is 13.3. The second-order valence-electron chi connectivity index (χ2n) is 7.73. The van der Waals surface area contributed by atoms with E-state index >= 15 is 0 Å². The summed E-state index contributed by atoms with van der Waals surface area (Å²) >= 11 is 1.68. The van der Waals surface area contributed by atoms with Gasteiger partial charge in [-0.1, -0.05) is 54.6 Å². The van der Waals surface area contributed by atoms with Gasteiger partial charge in [0.1, 0.15) is 0 Å². The summed E-state index contributed by atoms with van der Waals surface area (Å²) in [6, 6.07) is 20.6. The number of ether oxygens (including phenoxy) is 1. The predicted octanol–water partition coefficient (Wildman–Crippen LogP) is 6.21. The van der Waals surface area contributed by atoms with Crippen LogP contribution in [-0.2, 0) is 11.2 Å². The average molecular weight is 440 g/mol. The van der Waals surface area contributed by atoms with Crippen LogP contribution in [0.2, 0.25) is 0 Å². The molecule has 4 aromatic rings. The van der Waals surface area contributed by atoms with E-state index in [1.807, 2.05) is 36.4 Å². The Morgan fingerprint density at radius 3 is 2.59 bits per heavy atom. The molecular formula is C27H21NO3S. The first-order chi connectivity index (χ1) is 15.7. The normalized spacial score (nSPS) is 14.3. The standard InChI is InChI=1S/C27H21NO3S/c29-24(18-8-2-1-3-9-18)17-31-27(30)25-21-12-4-5-14-23(21)28-26-19(10-6-13-22(25)26)16-20-11-7-15-32-20/h1-5,7-9,11-12,14-16H,6,10,13,17H2. The molecule has 1 aliphatic carbocycles. The van der Waals surface area contributed by atoms with Crippen molar-refractivity contribution in [3.63, 3.8) is 0 Å². The third-order valence-corrected chi connectivity index (χ3v) is 6.48. The molecule has 4 nitrogen and oxygen atoms in total. The number of ketones is 1. The van der Waals surface area contributed by atoms with E-state index in [-0.39, 0.29) is 12.4 Å². The van der Waals surface area contributed by atoms with Gasteiger partial charge < -0.3 is 4.74 Å². The fraction of sp³-hybridized carbons (Fsp3) is 0.148. The van der Waals surface area contributed by atoms with Gasteiger partial charge in [-0.15, -0.1) is 11.3 Å². The van der Waals surface area contributed by atoms with Crippen LogP contribution >= 0.6 is 11.3 Å². The number of allylic oxidation sites excluding steroid dienone is 1. The summed E-state index contributed by atoms with van der Waals surface area (Å²) in [6.45, 7) is -0.286. The third-order valence-electron chi connectivity index (χ3n) is 5.66. The molecule has 0 saturated heterocycles. The molecule has 0 aliphatic heterocycles. The zero-order valence-corrected chi connectivity index (χ0v) is 18.2. The quantitative estimate of drug-likeness (QED) is 0.274. The molecule has 5 heteroatoms. The largest absolute Gasteiger partial charge is 0.454 e. The van der Waals surface area contributed by atoms with Crippen LogP contribution in [0.15, 0.2) is 72.1 Å². The molecule has 0 saturated carbocycles. The Labute approximate surface area is 190 Å². The highest BCUT2D eigenvalue weighted by molar-refractivity contribution is 7.10. The number of Topliss-reactive ketones (excluding diaryl/α,β-unsaturated/α-hetero) is 1. The van der Waals surface area contributed by atoms with Gasteiger partial charge in [-0.2, -0.15) is 0 Å². The second-order valence-corrected chi connectivity index (χ2v) is 8.71. The van der Waals surface area contributed by atoms with Crippen LogP contribution in [-0.4, -0.2) is 23.3 Å². The molecule has 2 aromatic heterocycles. The van der Waals surface area contributed by atoms with Crippen LogP contribution in [0.3, 0.4) is 0 Å². The first-order valence-electron chi connectivity index (χ1n) is 10.6. The average Bonchev–Trinajstić information content (AvgIpc) is 3.35. The lowest BCUT2D eigenvalue weighted by atomic mass is 9.86. The SMILES string of the molecule is O=C(COC(=O)c1c2c(nc3ccccc13)C(=Cc1cccs1)CCC2)c1ccccc1. The summed E-state index contributed by atoms with van der Waals surface area (Å²) in [5.74, 6) is -0.689. The summed E-state index contributed by atoms with van der Waals surface area (Å²) in [5, 5.41) is 2.82. The topological polar surface area (TPSA) is 56.3 Å². The van der Waals surface area contributed by atoms with Crippen molar-refractivity contribution in [2.24, 2.45) is 0 Å². The summed E-state index contributed by atoms with van der Waals surface area (Å²) in [5.41, 5.74) is 4.73. The van der Waals surface area contributed by atoms with E-state index in [1.165, 1.54) is 4.88 Å². The van der Waals surface area contributed by atoms with Crippen molar-refractivity contribution in [3.05, 3.63) is 99.4 Å². The van der Waals surface area contributed by atoms with Crippen molar-refractivity contribution in [2.75, 3.05) is 6.61 Å². The highest BCUT2D eigenvalue weighted by Gasteiger charge is 2.26. The van der Waals surface area contributed by atoms with E-state index < -0.39 is 5.97 Å². The third kappa shape index (κ3) is 3.99. The fourth-order valence-corrected chi connectivity index (χ4v) is 4.85. The highest BCUT2D eigenvalue weighted by Crippen LogP contribution is 2.36. The lowest BCUT2D eigenvalue weighted by Gasteiger charge is -2.22. The number of benzene rings is 2. The number of hydrogen-bond donors (Lipinski definition) is 0. The van der Waals surface area contributed by atoms with Crippen LogP contribution in [0.25, 0.3) is 22.6 Å². The van der Waals surface area contributed by atoms with Gasteiger partial charge in [-0.25, -0.2) is 9.78 Å². The number of carbonyl (C=O) groups excluding carboxylic acids is 2. The lowest BCUT2D eigenvalue weighted by Crippen LogP contribution is -2.18. The molecule has 2 aromatic carbocycles. The first kappa shape index (κ1) is 20.3. The van der Waals surface area contributed by atoms with Gasteiger partial charge in [0, 0.05) is 15.8 Å². The van der Waals surface area contributed by atoms with Crippen LogP contribution < -0.4 is 0 Å². The van der Waals surface area contributed by atoms with Crippen molar-refractivity contribution in [1.82, 2.24) is 4.98 Å². The van der Waals surface area contributed by atoms with Gasteiger partial charge >= 0.3 is 5.97 Å². The Morgan fingerprint density at radius 2 is 1.78 bits per heavy atom. The molecular weight excluding hydrogens is 418 g/mol. The van der Waals surface area contributed by atoms with E-state index in [9.17, 15) is 9.59 Å². The molecule has 0 unspecified atom stereocenters. The number of hydrogen-bond acceptors (Lipinski definition) is 5. The number of pyridine rings is 1. The Hall–Kier alpha value is -3.57. The Morgan fingerprint density at radius 1 is 0.969 bits per heavy atom. The lowest BCUT2D eigenvalue weighted by molar-refractivity contribution is 0.0475. The van der Waals surface area contributed by atoms with Gasteiger partial charge in [-0.3, -0.25) is 4.79 Å². The zero-order chi connectivity index (χ0) is 21.9. The number of aromatic nitrogens is 1. The Kier molecular flexibility index (Phi) is 5.65. The van der Waals surface area contributed by atoms with Crippen molar-refractivity contribution in [1.29, 1.82) is 0 Å². The van der Waals surface area contributed by atoms with E-state index in [0.717, 1.165) is 47.0 Å². The molecule has 0 bridgehead atoms. The van der Waals surface area contributed by atoms with Crippen molar-refractivity contribution in [3.8, 4) is 0 Å². The van der Waals surface area contributed by atoms with E-state index in [1.54, 1.807) is 35.6 Å². The maximum absolute atomic E-state index is 13.3. The van der Waals surface area contributed by atoms with E-state index in [4.69, 9.17) is 9.72 Å². The first-order valence-corrected chi connectivity index (χ1v) is 11.5. The molecule has 32 heavy (non-hydrogen) atoms. The van der Waals surface area contributed by atoms with Gasteiger partial charge in [0.05, 0.1) is 16.8 Å². The summed E-state index contributed by atoms with van der Waals surface area (Å²) < 4.78 is 5.53. The number of para-hydroxylation sites is 1. The van der Waals surface area contributed by atoms with Gasteiger partial charge in [0.25, 0.3) is 0 Å². The van der Waals surface area contributed by atoms with E-state index in [2.05, 4.69) is 17.5 Å². The summed E-state index contributed by atoms with van der Waals surface area (Å²) in [7, 11) is 0. The highest BCUT2D eigenvalue weighted by atomic mass is 32.1. The van der Waals surface area contributed by atoms with Crippen LogP contribution in [0.4, 0.5) is 0 Å². The molecule has 0 radical (unpaired) electrons. The fourth-order valence-electron chi connectivity index (χ4n) is 4.16. The number of nitrogens with zero attached hydrogens (tertiary/aromatic N) is 1. The van der Waals surface area contributed by atoms with Crippen molar-refractivity contribution < 1.29 is 14.3 Å². The smallest absolute Gasteiger partial charge is 0.339 e. The minimum absolute atomic E-state index is 0.218. The van der Waals surface area contributed by atoms with Gasteiger partial charge in [0.15, 0.2) is 12.4 Å². The molecule has 0 N–H and O–H groups in total. The molecule has 158 valence electrons. The number of rotatable bonds is 5. The number of fused-ring (bicyclic) bond motifs is 2. The molecule has 0 atom stereocenters. The van der Waals surface area contributed by atoms with Gasteiger partial charge in [0.2, 0.25) is 0 Å². The van der Waals surface area contributed by atoms with E-state index in [0.29, 0.717) is 11.1 Å². The van der Waals surface area contributed by atoms with Crippen molar-refractivity contribution in [2.45, 2.75) is 19.3 Å². The second kappa shape index (κ2) is 8.89. The monoisotopic (exact) mass is 439 g/mol. The van der Waals surface area contributed by atoms with Crippen molar-refractivity contribution >= 4 is 45.6 Å². The molecule has 0 amide bonds. The minimum Gasteiger partial charge on any atom is -0.454 e. The van der Waals surface area contributed by atoms with Crippen LogP contribution in [0.1, 0.15) is 49.7 Å². The molecule has 0 spiro atoms.